The number of nitrogens with one attached hydrogen (secondary N) is 1. The van der Waals surface area contributed by atoms with Crippen LogP contribution in [0.5, 0.6) is 0 Å². The van der Waals surface area contributed by atoms with E-state index < -0.39 is 0 Å². The lowest BCUT2D eigenvalue weighted by Gasteiger charge is -2.07. The third-order valence-electron chi connectivity index (χ3n) is 2.37. The third-order valence-corrected chi connectivity index (χ3v) is 3.00. The van der Waals surface area contributed by atoms with Gasteiger partial charge in [0.1, 0.15) is 10.3 Å². The van der Waals surface area contributed by atoms with Crippen LogP contribution in [0.15, 0.2) is 0 Å². The largest absolute Gasteiger partial charge is 0.297 e. The maximum Gasteiger partial charge on any atom is 0.232 e. The van der Waals surface area contributed by atoms with Crippen molar-refractivity contribution in [3.05, 3.63) is 15.9 Å². The van der Waals surface area contributed by atoms with Gasteiger partial charge in [0, 0.05) is 5.56 Å². The SMILES string of the molecule is CCCCCCc1c(Cl)nc(NC=O)nc1Cl. The van der Waals surface area contributed by atoms with Crippen LogP contribution < -0.4 is 5.32 Å². The molecule has 0 aromatic carbocycles. The molecule has 1 rings (SSSR count). The molecule has 1 amide bonds. The summed E-state index contributed by atoms with van der Waals surface area (Å²) in [5, 5.41) is 2.94. The van der Waals surface area contributed by atoms with Gasteiger partial charge in [-0.2, -0.15) is 0 Å². The molecule has 1 aromatic heterocycles. The van der Waals surface area contributed by atoms with Crippen LogP contribution >= 0.6 is 23.2 Å². The van der Waals surface area contributed by atoms with Gasteiger partial charge < -0.3 is 0 Å². The fourth-order valence-electron chi connectivity index (χ4n) is 1.48. The molecule has 0 aliphatic rings. The molecule has 1 aromatic rings. The Morgan fingerprint density at radius 1 is 1.18 bits per heavy atom. The van der Waals surface area contributed by atoms with Gasteiger partial charge in [-0.3, -0.25) is 10.1 Å². The van der Waals surface area contributed by atoms with Crippen LogP contribution in [0, 0.1) is 0 Å². The van der Waals surface area contributed by atoms with E-state index in [0.717, 1.165) is 24.8 Å². The summed E-state index contributed by atoms with van der Waals surface area (Å²) in [7, 11) is 0. The lowest BCUT2D eigenvalue weighted by molar-refractivity contribution is -0.105. The number of carbonyl (C=O) groups is 1. The number of anilines is 1. The Morgan fingerprint density at radius 2 is 1.82 bits per heavy atom. The first-order chi connectivity index (χ1) is 8.19. The van der Waals surface area contributed by atoms with E-state index in [2.05, 4.69) is 22.2 Å². The molecule has 0 aliphatic carbocycles. The summed E-state index contributed by atoms with van der Waals surface area (Å²) in [6.07, 6.45) is 5.78. The third kappa shape index (κ3) is 4.48. The summed E-state index contributed by atoms with van der Waals surface area (Å²) in [4.78, 5) is 18.1. The molecule has 0 saturated carbocycles. The maximum atomic E-state index is 10.2. The molecule has 0 radical (unpaired) electrons. The van der Waals surface area contributed by atoms with E-state index in [1.54, 1.807) is 0 Å². The van der Waals surface area contributed by atoms with Gasteiger partial charge in [0.25, 0.3) is 0 Å². The van der Waals surface area contributed by atoms with Crippen molar-refractivity contribution in [1.82, 2.24) is 9.97 Å². The number of unbranched alkanes of at least 4 members (excludes halogenated alkanes) is 3. The van der Waals surface area contributed by atoms with Crippen LogP contribution in [0.4, 0.5) is 5.95 Å². The number of amides is 1. The minimum atomic E-state index is 0.132. The van der Waals surface area contributed by atoms with E-state index in [-0.39, 0.29) is 5.95 Å². The summed E-state index contributed by atoms with van der Waals surface area (Å²) in [5.74, 6) is 0.132. The van der Waals surface area contributed by atoms with Gasteiger partial charge in [-0.25, -0.2) is 9.97 Å². The molecule has 0 aliphatic heterocycles. The Balaban J connectivity index is 2.68. The second-order valence-electron chi connectivity index (χ2n) is 3.68. The molecule has 0 bridgehead atoms. The van der Waals surface area contributed by atoms with E-state index in [9.17, 15) is 4.79 Å². The molecule has 17 heavy (non-hydrogen) atoms. The van der Waals surface area contributed by atoms with Crippen LogP contribution in [-0.4, -0.2) is 16.4 Å². The first kappa shape index (κ1) is 14.2. The molecule has 4 nitrogen and oxygen atoms in total. The molecule has 1 N–H and O–H groups in total. The van der Waals surface area contributed by atoms with Crippen LogP contribution in [0.1, 0.15) is 38.2 Å². The molecule has 0 unspecified atom stereocenters. The zero-order valence-electron chi connectivity index (χ0n) is 9.67. The highest BCUT2D eigenvalue weighted by Crippen LogP contribution is 2.24. The number of aromatic nitrogens is 2. The van der Waals surface area contributed by atoms with Crippen molar-refractivity contribution in [3.8, 4) is 0 Å². The van der Waals surface area contributed by atoms with E-state index in [0.29, 0.717) is 16.7 Å². The summed E-state index contributed by atoms with van der Waals surface area (Å²) in [5.41, 5.74) is 0.751. The molecule has 1 heterocycles. The highest BCUT2D eigenvalue weighted by molar-refractivity contribution is 6.34. The van der Waals surface area contributed by atoms with E-state index in [1.807, 2.05) is 0 Å². The topological polar surface area (TPSA) is 54.9 Å². The Bertz CT molecular complexity index is 362. The predicted octanol–water partition coefficient (Wildman–Crippen LogP) is 3.47. The molecular formula is C11H15Cl2N3O. The number of hydrogen-bond acceptors (Lipinski definition) is 3. The number of rotatable bonds is 7. The average Bonchev–Trinajstić information content (AvgIpc) is 2.27. The number of hydrogen-bond donors (Lipinski definition) is 1. The maximum absolute atomic E-state index is 10.2. The number of halogens is 2. The van der Waals surface area contributed by atoms with Crippen molar-refractivity contribution in [2.24, 2.45) is 0 Å². The van der Waals surface area contributed by atoms with Crippen molar-refractivity contribution < 1.29 is 4.79 Å². The Labute approximate surface area is 111 Å². The van der Waals surface area contributed by atoms with Crippen molar-refractivity contribution in [3.63, 3.8) is 0 Å². The van der Waals surface area contributed by atoms with Gasteiger partial charge in [0.05, 0.1) is 0 Å². The Kier molecular flexibility index (Phi) is 6.22. The van der Waals surface area contributed by atoms with Gasteiger partial charge >= 0.3 is 0 Å². The van der Waals surface area contributed by atoms with Crippen LogP contribution in [0.2, 0.25) is 10.3 Å². The van der Waals surface area contributed by atoms with Gasteiger partial charge in [-0.1, -0.05) is 49.4 Å². The molecule has 0 spiro atoms. The van der Waals surface area contributed by atoms with Crippen molar-refractivity contribution in [2.75, 3.05) is 5.32 Å². The van der Waals surface area contributed by atoms with E-state index in [1.165, 1.54) is 12.8 Å². The summed E-state index contributed by atoms with van der Waals surface area (Å²) in [6.45, 7) is 2.16. The van der Waals surface area contributed by atoms with Gasteiger partial charge in [0.15, 0.2) is 0 Å². The highest BCUT2D eigenvalue weighted by Gasteiger charge is 2.10. The molecule has 0 fully saturated rings. The summed E-state index contributed by atoms with van der Waals surface area (Å²) < 4.78 is 0. The van der Waals surface area contributed by atoms with Crippen molar-refractivity contribution >= 4 is 35.6 Å². The molecular weight excluding hydrogens is 261 g/mol. The van der Waals surface area contributed by atoms with E-state index >= 15 is 0 Å². The van der Waals surface area contributed by atoms with Gasteiger partial charge in [-0.05, 0) is 12.8 Å². The highest BCUT2D eigenvalue weighted by atomic mass is 35.5. The Morgan fingerprint density at radius 3 is 2.35 bits per heavy atom. The molecule has 6 heteroatoms. The fourth-order valence-corrected chi connectivity index (χ4v) is 2.06. The first-order valence-corrected chi connectivity index (χ1v) is 6.36. The number of carbonyl (C=O) groups excluding carboxylic acids is 1. The standard InChI is InChI=1S/C11H15Cl2N3O/c1-2-3-4-5-6-8-9(12)15-11(14-7-17)16-10(8)13/h7H,2-6H2,1H3,(H,14,15,16,17). The molecule has 0 saturated heterocycles. The first-order valence-electron chi connectivity index (χ1n) is 5.61. The normalized spacial score (nSPS) is 10.3. The fraction of sp³-hybridized carbons (Fsp3) is 0.545. The van der Waals surface area contributed by atoms with Gasteiger partial charge in [-0.15, -0.1) is 0 Å². The van der Waals surface area contributed by atoms with Gasteiger partial charge in [0.2, 0.25) is 12.4 Å². The smallest absolute Gasteiger partial charge is 0.232 e. The number of nitrogens with zero attached hydrogens (tertiary/aromatic N) is 2. The van der Waals surface area contributed by atoms with Crippen LogP contribution in [0.25, 0.3) is 0 Å². The second kappa shape index (κ2) is 7.45. The predicted molar refractivity (Wildman–Crippen MR) is 69.6 cm³/mol. The Hall–Kier alpha value is -0.870. The minimum Gasteiger partial charge on any atom is -0.297 e. The monoisotopic (exact) mass is 275 g/mol. The summed E-state index contributed by atoms with van der Waals surface area (Å²) >= 11 is 12.0. The zero-order valence-corrected chi connectivity index (χ0v) is 11.2. The average molecular weight is 276 g/mol. The van der Waals surface area contributed by atoms with Crippen molar-refractivity contribution in [1.29, 1.82) is 0 Å². The van der Waals surface area contributed by atoms with E-state index in [4.69, 9.17) is 23.2 Å². The quantitative estimate of drug-likeness (QED) is 0.471. The molecule has 0 atom stereocenters. The lowest BCUT2D eigenvalue weighted by atomic mass is 10.1. The zero-order chi connectivity index (χ0) is 12.7. The van der Waals surface area contributed by atoms with Crippen molar-refractivity contribution in [2.45, 2.75) is 39.0 Å². The summed E-state index contributed by atoms with van der Waals surface area (Å²) in [6, 6.07) is 0. The van der Waals surface area contributed by atoms with Crippen LogP contribution in [0.3, 0.4) is 0 Å². The minimum absolute atomic E-state index is 0.132. The second-order valence-corrected chi connectivity index (χ2v) is 4.40. The van der Waals surface area contributed by atoms with Crippen LogP contribution in [-0.2, 0) is 11.2 Å². The lowest BCUT2D eigenvalue weighted by Crippen LogP contribution is -2.03. The molecule has 94 valence electrons.